The summed E-state index contributed by atoms with van der Waals surface area (Å²) in [4.78, 5) is 26.3. The largest absolute Gasteiger partial charge is 0.505 e. The predicted octanol–water partition coefficient (Wildman–Crippen LogP) is 4.90. The van der Waals surface area contributed by atoms with Gasteiger partial charge in [-0.1, -0.05) is 50.2 Å². The number of ether oxygens (including phenoxy) is 2. The summed E-state index contributed by atoms with van der Waals surface area (Å²) in [5.74, 6) is -0.651. The molecule has 0 radical (unpaired) electrons. The first kappa shape index (κ1) is 22.4. The van der Waals surface area contributed by atoms with Crippen LogP contribution in [0.2, 0.25) is 0 Å². The Balaban J connectivity index is 2.19. The van der Waals surface area contributed by atoms with Gasteiger partial charge >= 0.3 is 5.97 Å². The second kappa shape index (κ2) is 8.84. The standard InChI is InChI=1S/C25H29NO5/c1-16(2)14-26-21(24(29)31-25(3,4)5)22(27)20-18(23(26)28)12-9-13-19(20)30-15-17-10-7-6-8-11-17/h6-13,16,27H,14-15H2,1-5H3. The number of hydrogen-bond donors (Lipinski definition) is 1. The number of pyridine rings is 1. The van der Waals surface area contributed by atoms with Crippen LogP contribution in [-0.2, 0) is 17.9 Å². The minimum atomic E-state index is -0.777. The van der Waals surface area contributed by atoms with E-state index in [9.17, 15) is 14.7 Å². The van der Waals surface area contributed by atoms with Crippen molar-refractivity contribution in [3.63, 3.8) is 0 Å². The summed E-state index contributed by atoms with van der Waals surface area (Å²) in [5.41, 5.74) is -0.357. The Morgan fingerprint density at radius 1 is 1.06 bits per heavy atom. The number of hydrogen-bond acceptors (Lipinski definition) is 5. The number of aromatic hydroxyl groups is 1. The van der Waals surface area contributed by atoms with Crippen LogP contribution in [0.25, 0.3) is 10.8 Å². The number of rotatable bonds is 6. The average Bonchev–Trinajstić information content (AvgIpc) is 2.69. The molecule has 0 fully saturated rings. The highest BCUT2D eigenvalue weighted by Crippen LogP contribution is 2.35. The van der Waals surface area contributed by atoms with Crippen LogP contribution in [0.5, 0.6) is 11.5 Å². The third kappa shape index (κ3) is 5.08. The van der Waals surface area contributed by atoms with E-state index in [4.69, 9.17) is 9.47 Å². The van der Waals surface area contributed by atoms with Crippen LogP contribution in [0, 0.1) is 5.92 Å². The molecule has 0 saturated heterocycles. The Hall–Kier alpha value is -3.28. The van der Waals surface area contributed by atoms with Crippen molar-refractivity contribution in [2.24, 2.45) is 5.92 Å². The maximum absolute atomic E-state index is 13.3. The highest BCUT2D eigenvalue weighted by Gasteiger charge is 2.28. The predicted molar refractivity (Wildman–Crippen MR) is 121 cm³/mol. The Kier molecular flexibility index (Phi) is 6.39. The summed E-state index contributed by atoms with van der Waals surface area (Å²) in [7, 11) is 0. The molecule has 0 aliphatic carbocycles. The van der Waals surface area contributed by atoms with Gasteiger partial charge in [0.05, 0.1) is 10.8 Å². The molecule has 6 nitrogen and oxygen atoms in total. The first-order valence-electron chi connectivity index (χ1n) is 10.4. The van der Waals surface area contributed by atoms with Crippen LogP contribution in [0.4, 0.5) is 0 Å². The first-order chi connectivity index (χ1) is 14.6. The first-order valence-corrected chi connectivity index (χ1v) is 10.4. The number of fused-ring (bicyclic) bond motifs is 1. The van der Waals surface area contributed by atoms with Crippen LogP contribution in [0.3, 0.4) is 0 Å². The Bertz CT molecular complexity index is 1140. The Morgan fingerprint density at radius 3 is 2.35 bits per heavy atom. The molecule has 6 heteroatoms. The van der Waals surface area contributed by atoms with Gasteiger partial charge in [-0.15, -0.1) is 0 Å². The van der Waals surface area contributed by atoms with E-state index in [1.54, 1.807) is 39.0 Å². The second-order valence-corrected chi connectivity index (χ2v) is 8.96. The smallest absolute Gasteiger partial charge is 0.359 e. The fourth-order valence-electron chi connectivity index (χ4n) is 3.38. The molecule has 1 N–H and O–H groups in total. The maximum Gasteiger partial charge on any atom is 0.359 e. The van der Waals surface area contributed by atoms with Crippen molar-refractivity contribution in [1.29, 1.82) is 0 Å². The highest BCUT2D eigenvalue weighted by molar-refractivity contribution is 6.01. The summed E-state index contributed by atoms with van der Waals surface area (Å²) in [6.07, 6.45) is 0. The van der Waals surface area contributed by atoms with Crippen LogP contribution >= 0.6 is 0 Å². The van der Waals surface area contributed by atoms with Crippen molar-refractivity contribution in [2.45, 2.75) is 53.4 Å². The van der Waals surface area contributed by atoms with E-state index in [0.717, 1.165) is 5.56 Å². The number of nitrogens with zero attached hydrogens (tertiary/aromatic N) is 1. The second-order valence-electron chi connectivity index (χ2n) is 8.96. The molecular formula is C25H29NO5. The lowest BCUT2D eigenvalue weighted by molar-refractivity contribution is 0.00524. The summed E-state index contributed by atoms with van der Waals surface area (Å²) in [6, 6.07) is 14.6. The molecule has 31 heavy (non-hydrogen) atoms. The highest BCUT2D eigenvalue weighted by atomic mass is 16.6. The molecule has 0 amide bonds. The Labute approximate surface area is 182 Å². The van der Waals surface area contributed by atoms with E-state index in [1.165, 1.54) is 4.57 Å². The summed E-state index contributed by atoms with van der Waals surface area (Å²) in [5, 5.41) is 11.7. The van der Waals surface area contributed by atoms with Gasteiger partial charge in [0.15, 0.2) is 11.4 Å². The third-order valence-corrected chi connectivity index (χ3v) is 4.61. The van der Waals surface area contributed by atoms with Gasteiger partial charge in [0.2, 0.25) is 0 Å². The minimum absolute atomic E-state index is 0.0771. The fraction of sp³-hybridized carbons (Fsp3) is 0.360. The van der Waals surface area contributed by atoms with Crippen LogP contribution in [0.1, 0.15) is 50.7 Å². The lowest BCUT2D eigenvalue weighted by atomic mass is 10.1. The molecular weight excluding hydrogens is 394 g/mol. The molecule has 0 unspecified atom stereocenters. The molecule has 164 valence electrons. The zero-order chi connectivity index (χ0) is 22.8. The van der Waals surface area contributed by atoms with Gasteiger partial charge in [0.25, 0.3) is 5.56 Å². The monoisotopic (exact) mass is 423 g/mol. The van der Waals surface area contributed by atoms with Crippen molar-refractivity contribution < 1.29 is 19.4 Å². The molecule has 0 aliphatic rings. The fourth-order valence-corrected chi connectivity index (χ4v) is 3.38. The van der Waals surface area contributed by atoms with Crippen LogP contribution < -0.4 is 10.3 Å². The number of benzene rings is 2. The van der Waals surface area contributed by atoms with Crippen molar-refractivity contribution >= 4 is 16.7 Å². The Morgan fingerprint density at radius 2 is 1.74 bits per heavy atom. The molecule has 0 bridgehead atoms. The minimum Gasteiger partial charge on any atom is -0.505 e. The lowest BCUT2D eigenvalue weighted by Crippen LogP contribution is -2.32. The van der Waals surface area contributed by atoms with Crippen LogP contribution in [-0.4, -0.2) is 21.2 Å². The average molecular weight is 424 g/mol. The van der Waals surface area contributed by atoms with Crippen molar-refractivity contribution in [3.8, 4) is 11.5 Å². The topological polar surface area (TPSA) is 77.8 Å². The molecule has 2 aromatic carbocycles. The normalized spacial score (nSPS) is 11.7. The van der Waals surface area contributed by atoms with Crippen LogP contribution in [0.15, 0.2) is 53.3 Å². The molecule has 0 saturated carbocycles. The van der Waals surface area contributed by atoms with Crippen molar-refractivity contribution in [2.75, 3.05) is 0 Å². The number of carbonyl (C=O) groups excluding carboxylic acids is 1. The molecule has 1 heterocycles. The number of aromatic nitrogens is 1. The zero-order valence-corrected chi connectivity index (χ0v) is 18.6. The van der Waals surface area contributed by atoms with Gasteiger partial charge in [-0.25, -0.2) is 4.79 Å². The summed E-state index contributed by atoms with van der Waals surface area (Å²) in [6.45, 7) is 9.62. The lowest BCUT2D eigenvalue weighted by Gasteiger charge is -2.23. The van der Waals surface area contributed by atoms with E-state index in [1.807, 2.05) is 44.2 Å². The molecule has 0 atom stereocenters. The van der Waals surface area contributed by atoms with E-state index in [2.05, 4.69) is 0 Å². The van der Waals surface area contributed by atoms with Gasteiger partial charge < -0.3 is 14.6 Å². The summed E-state index contributed by atoms with van der Waals surface area (Å²) >= 11 is 0. The van der Waals surface area contributed by atoms with Gasteiger partial charge in [-0.3, -0.25) is 9.36 Å². The molecule has 0 spiro atoms. The molecule has 3 aromatic rings. The van der Waals surface area contributed by atoms with Crippen molar-refractivity contribution in [3.05, 3.63) is 70.1 Å². The SMILES string of the molecule is CC(C)Cn1c(C(=O)OC(C)(C)C)c(O)c2c(OCc3ccccc3)cccc2c1=O. The van der Waals surface area contributed by atoms with Gasteiger partial charge in [0, 0.05) is 6.54 Å². The molecule has 1 aromatic heterocycles. The van der Waals surface area contributed by atoms with E-state index in [0.29, 0.717) is 5.75 Å². The number of esters is 1. The van der Waals surface area contributed by atoms with Gasteiger partial charge in [0.1, 0.15) is 18.0 Å². The van der Waals surface area contributed by atoms with E-state index >= 15 is 0 Å². The quantitative estimate of drug-likeness (QED) is 0.571. The number of carbonyl (C=O) groups is 1. The molecule has 0 aliphatic heterocycles. The summed E-state index contributed by atoms with van der Waals surface area (Å²) < 4.78 is 12.7. The van der Waals surface area contributed by atoms with E-state index in [-0.39, 0.29) is 46.8 Å². The molecule has 3 rings (SSSR count). The van der Waals surface area contributed by atoms with Gasteiger partial charge in [-0.05, 0) is 44.4 Å². The zero-order valence-electron chi connectivity index (χ0n) is 18.6. The van der Waals surface area contributed by atoms with E-state index < -0.39 is 11.6 Å². The van der Waals surface area contributed by atoms with Crippen molar-refractivity contribution in [1.82, 2.24) is 4.57 Å². The third-order valence-electron chi connectivity index (χ3n) is 4.61. The van der Waals surface area contributed by atoms with Gasteiger partial charge in [-0.2, -0.15) is 0 Å². The maximum atomic E-state index is 13.3.